The molecule has 0 saturated heterocycles. The monoisotopic (exact) mass is 421 g/mol. The molecule has 0 unspecified atom stereocenters. The number of ether oxygens (including phenoxy) is 1. The Hall–Kier alpha value is -3.12. The van der Waals surface area contributed by atoms with Crippen LogP contribution in [0.4, 0.5) is 0 Å². The van der Waals surface area contributed by atoms with Gasteiger partial charge in [-0.05, 0) is 60.6 Å². The first kappa shape index (κ1) is 21.6. The third-order valence-electron chi connectivity index (χ3n) is 4.54. The number of carbonyl (C=O) groups excluding carboxylic acids is 1. The fourth-order valence-electron chi connectivity index (χ4n) is 3.03. The zero-order valence-electron chi connectivity index (χ0n) is 17.4. The second-order valence-electron chi connectivity index (χ2n) is 7.00. The van der Waals surface area contributed by atoms with Crippen LogP contribution in [-0.2, 0) is 4.79 Å². The lowest BCUT2D eigenvalue weighted by Gasteiger charge is -2.09. The maximum atomic E-state index is 12.5. The van der Waals surface area contributed by atoms with Crippen LogP contribution in [0.2, 0.25) is 0 Å². The van der Waals surface area contributed by atoms with Gasteiger partial charge in [-0.3, -0.25) is 10.2 Å². The number of aryl methyl sites for hydroxylation is 2. The van der Waals surface area contributed by atoms with Crippen molar-refractivity contribution >= 4 is 39.8 Å². The minimum atomic E-state index is -0.595. The van der Waals surface area contributed by atoms with Gasteiger partial charge < -0.3 is 9.15 Å². The van der Waals surface area contributed by atoms with Gasteiger partial charge in [0.15, 0.2) is 0 Å². The average Bonchev–Trinajstić information content (AvgIpc) is 2.68. The highest BCUT2D eigenvalue weighted by Gasteiger charge is 2.14. The van der Waals surface area contributed by atoms with Crippen molar-refractivity contribution in [1.29, 1.82) is 5.41 Å². The highest BCUT2D eigenvalue weighted by molar-refractivity contribution is 8.17. The summed E-state index contributed by atoms with van der Waals surface area (Å²) in [5.74, 6) is -0.144. The molecular weight excluding hydrogens is 398 g/mol. The average molecular weight is 422 g/mol. The van der Waals surface area contributed by atoms with E-state index >= 15 is 0 Å². The van der Waals surface area contributed by atoms with E-state index < -0.39 is 11.6 Å². The molecule has 1 N–H and O–H groups in total. The molecule has 0 radical (unpaired) electrons. The molecule has 5 nitrogen and oxygen atoms in total. The van der Waals surface area contributed by atoms with E-state index in [-0.39, 0.29) is 10.6 Å². The van der Waals surface area contributed by atoms with Gasteiger partial charge in [0.2, 0.25) is 0 Å². The molecule has 1 aromatic heterocycles. The predicted molar refractivity (Wildman–Crippen MR) is 122 cm³/mol. The molecule has 154 valence electrons. The van der Waals surface area contributed by atoms with E-state index in [0.717, 1.165) is 16.9 Å². The fraction of sp³-hybridized carbons (Fsp3) is 0.208. The highest BCUT2D eigenvalue weighted by atomic mass is 32.2. The van der Waals surface area contributed by atoms with Crippen LogP contribution in [0.15, 0.2) is 56.6 Å². The van der Waals surface area contributed by atoms with Crippen LogP contribution in [0.3, 0.4) is 0 Å². The van der Waals surface area contributed by atoms with E-state index in [9.17, 15) is 9.59 Å². The van der Waals surface area contributed by atoms with Crippen molar-refractivity contribution in [2.75, 3.05) is 0 Å². The number of allylic oxidation sites excluding steroid dienone is 1. The van der Waals surface area contributed by atoms with Crippen molar-refractivity contribution in [3.63, 3.8) is 0 Å². The third-order valence-corrected chi connectivity index (χ3v) is 5.63. The summed E-state index contributed by atoms with van der Waals surface area (Å²) in [5, 5.41) is 9.25. The molecule has 30 heavy (non-hydrogen) atoms. The number of rotatable bonds is 5. The van der Waals surface area contributed by atoms with Crippen molar-refractivity contribution in [2.45, 2.75) is 34.1 Å². The summed E-state index contributed by atoms with van der Waals surface area (Å²) in [6.07, 6.45) is 2.80. The number of hydrogen-bond donors (Lipinski definition) is 1. The molecule has 2 aromatic carbocycles. The summed E-state index contributed by atoms with van der Waals surface area (Å²) in [5.41, 5.74) is 3.38. The van der Waals surface area contributed by atoms with E-state index in [2.05, 4.69) is 38.1 Å². The third kappa shape index (κ3) is 5.07. The molecular formula is C24H23NO4S. The molecule has 6 heteroatoms. The first-order chi connectivity index (χ1) is 14.3. The summed E-state index contributed by atoms with van der Waals surface area (Å²) in [6.45, 7) is 7.44. The fourth-order valence-corrected chi connectivity index (χ4v) is 3.87. The van der Waals surface area contributed by atoms with Crippen LogP contribution < -0.4 is 10.4 Å². The lowest BCUT2D eigenvalue weighted by molar-refractivity contribution is -0.131. The molecule has 0 spiro atoms. The molecule has 3 rings (SSSR count). The molecule has 0 amide bonds. The molecule has 0 fully saturated rings. The number of carbonyl (C=O) groups is 1. The van der Waals surface area contributed by atoms with E-state index in [1.54, 1.807) is 18.2 Å². The minimum Gasteiger partial charge on any atom is -0.427 e. The van der Waals surface area contributed by atoms with Crippen LogP contribution >= 0.6 is 11.8 Å². The normalized spacial score (nSPS) is 11.5. The number of fused-ring (bicyclic) bond motifs is 1. The minimum absolute atomic E-state index is 0.132. The van der Waals surface area contributed by atoms with Gasteiger partial charge in [0.05, 0.1) is 5.56 Å². The quantitative estimate of drug-likeness (QED) is 0.184. The lowest BCUT2D eigenvalue weighted by Crippen LogP contribution is -2.11. The summed E-state index contributed by atoms with van der Waals surface area (Å²) in [6, 6.07) is 12.7. The van der Waals surface area contributed by atoms with E-state index in [1.165, 1.54) is 35.9 Å². The van der Waals surface area contributed by atoms with Gasteiger partial charge >= 0.3 is 11.6 Å². The smallest absolute Gasteiger partial charge is 0.346 e. The van der Waals surface area contributed by atoms with Crippen LogP contribution in [-0.4, -0.2) is 11.0 Å². The van der Waals surface area contributed by atoms with Crippen LogP contribution in [0, 0.1) is 19.3 Å². The van der Waals surface area contributed by atoms with E-state index in [4.69, 9.17) is 14.6 Å². The highest BCUT2D eigenvalue weighted by Crippen LogP contribution is 2.28. The Kier molecular flexibility index (Phi) is 6.57. The Morgan fingerprint density at radius 2 is 1.93 bits per heavy atom. The summed E-state index contributed by atoms with van der Waals surface area (Å²) in [7, 11) is 0. The van der Waals surface area contributed by atoms with Crippen molar-refractivity contribution in [3.05, 3.63) is 80.0 Å². The van der Waals surface area contributed by atoms with Crippen LogP contribution in [0.5, 0.6) is 5.75 Å². The van der Waals surface area contributed by atoms with Crippen LogP contribution in [0.1, 0.15) is 42.5 Å². The standard InChI is InChI=1S/C24H23NO4S/c1-5-20(11-17-7-6-14(2)10-15(17)3)30-23(25)21-12-18-8-9-19(28-16(4)26)13-22(18)29-24(21)27/h6-13,25H,5H2,1-4H3/b20-11+,25-23?. The molecule has 3 aromatic rings. The number of esters is 1. The lowest BCUT2D eigenvalue weighted by atomic mass is 10.1. The van der Waals surface area contributed by atoms with Crippen molar-refractivity contribution in [3.8, 4) is 5.75 Å². The molecule has 1 heterocycles. The Morgan fingerprint density at radius 1 is 1.17 bits per heavy atom. The van der Waals surface area contributed by atoms with Crippen molar-refractivity contribution in [2.24, 2.45) is 0 Å². The molecule has 0 aliphatic rings. The van der Waals surface area contributed by atoms with Gasteiger partial charge in [0, 0.05) is 18.4 Å². The van der Waals surface area contributed by atoms with Gasteiger partial charge in [-0.25, -0.2) is 4.79 Å². The number of hydrogen-bond acceptors (Lipinski definition) is 6. The second kappa shape index (κ2) is 9.13. The maximum Gasteiger partial charge on any atom is 0.346 e. The van der Waals surface area contributed by atoms with Crippen molar-refractivity contribution < 1.29 is 13.9 Å². The number of nitrogens with one attached hydrogen (secondary N) is 1. The maximum absolute atomic E-state index is 12.5. The van der Waals surface area contributed by atoms with Gasteiger partial charge in [-0.1, -0.05) is 42.4 Å². The molecule has 0 aliphatic heterocycles. The predicted octanol–water partition coefficient (Wildman–Crippen LogP) is 5.84. The number of thioether (sulfide) groups is 1. The first-order valence-electron chi connectivity index (χ1n) is 9.57. The Balaban J connectivity index is 1.89. The van der Waals surface area contributed by atoms with Crippen LogP contribution in [0.25, 0.3) is 17.0 Å². The van der Waals surface area contributed by atoms with Crippen molar-refractivity contribution in [1.82, 2.24) is 0 Å². The Bertz CT molecular complexity index is 1220. The summed E-state index contributed by atoms with van der Waals surface area (Å²) < 4.78 is 10.4. The Morgan fingerprint density at radius 3 is 2.60 bits per heavy atom. The van der Waals surface area contributed by atoms with Gasteiger partial charge in [0.1, 0.15) is 16.4 Å². The second-order valence-corrected chi connectivity index (χ2v) is 8.13. The molecule has 0 atom stereocenters. The Labute approximate surface area is 179 Å². The largest absolute Gasteiger partial charge is 0.427 e. The van der Waals surface area contributed by atoms with Gasteiger partial charge in [-0.15, -0.1) is 0 Å². The first-order valence-corrected chi connectivity index (χ1v) is 10.4. The molecule has 0 aliphatic carbocycles. The molecule has 0 saturated carbocycles. The van der Waals surface area contributed by atoms with Gasteiger partial charge in [-0.2, -0.15) is 0 Å². The zero-order chi connectivity index (χ0) is 21.8. The number of benzene rings is 2. The zero-order valence-corrected chi connectivity index (χ0v) is 18.2. The van der Waals surface area contributed by atoms with Gasteiger partial charge in [0.25, 0.3) is 0 Å². The van der Waals surface area contributed by atoms with E-state index in [0.29, 0.717) is 16.7 Å². The topological polar surface area (TPSA) is 80.4 Å². The SMILES string of the molecule is CC/C(=C\c1ccc(C)cc1C)SC(=N)c1cc2ccc(OC(C)=O)cc2oc1=O. The summed E-state index contributed by atoms with van der Waals surface area (Å²) >= 11 is 1.25. The molecule has 0 bridgehead atoms. The summed E-state index contributed by atoms with van der Waals surface area (Å²) in [4.78, 5) is 24.6. The van der Waals surface area contributed by atoms with E-state index in [1.807, 2.05) is 6.92 Å².